The smallest absolute Gasteiger partial charge is 0.246 e. The number of anilines is 2. The highest BCUT2D eigenvalue weighted by Crippen LogP contribution is 2.19. The van der Waals surface area contributed by atoms with E-state index >= 15 is 0 Å². The lowest BCUT2D eigenvalue weighted by atomic mass is 10.2. The van der Waals surface area contributed by atoms with Gasteiger partial charge < -0.3 is 10.6 Å². The van der Waals surface area contributed by atoms with Gasteiger partial charge >= 0.3 is 0 Å². The largest absolute Gasteiger partial charge is 0.326 e. The van der Waals surface area contributed by atoms with Gasteiger partial charge in [0, 0.05) is 18.3 Å². The Kier molecular flexibility index (Phi) is 4.82. The molecule has 0 saturated carbocycles. The molecule has 2 N–H and O–H groups in total. The summed E-state index contributed by atoms with van der Waals surface area (Å²) < 4.78 is 1.57. The number of halogens is 1. The molecule has 1 aromatic carbocycles. The molecule has 1 heterocycles. The van der Waals surface area contributed by atoms with E-state index in [4.69, 9.17) is 11.6 Å². The zero-order valence-corrected chi connectivity index (χ0v) is 13.4. The average Bonchev–Trinajstić information content (AvgIpc) is 2.68. The maximum Gasteiger partial charge on any atom is 0.246 e. The van der Waals surface area contributed by atoms with Gasteiger partial charge in [0.15, 0.2) is 0 Å². The predicted octanol–water partition coefficient (Wildman–Crippen LogP) is 2.75. The Morgan fingerprint density at radius 3 is 2.14 bits per heavy atom. The van der Waals surface area contributed by atoms with Crippen LogP contribution in [0, 0.1) is 13.8 Å². The standard InChI is InChI=1S/C15H17ClN4O2/c1-9-15(16)10(2)20(19-9)8-14(22)18-13-6-4-12(5-7-13)17-11(3)21/h4-7H,8H2,1-3H3,(H,17,21)(H,18,22). The fraction of sp³-hybridized carbons (Fsp3) is 0.267. The van der Waals surface area contributed by atoms with E-state index in [-0.39, 0.29) is 18.4 Å². The second kappa shape index (κ2) is 6.62. The molecular weight excluding hydrogens is 304 g/mol. The van der Waals surface area contributed by atoms with Gasteiger partial charge in [-0.15, -0.1) is 0 Å². The third-order valence-corrected chi connectivity index (χ3v) is 3.62. The molecule has 0 bridgehead atoms. The Labute approximate surface area is 133 Å². The molecular formula is C15H17ClN4O2. The summed E-state index contributed by atoms with van der Waals surface area (Å²) in [4.78, 5) is 23.0. The maximum atomic E-state index is 12.0. The van der Waals surface area contributed by atoms with Crippen LogP contribution in [0.2, 0.25) is 5.02 Å². The van der Waals surface area contributed by atoms with Gasteiger partial charge in [0.1, 0.15) is 6.54 Å². The maximum absolute atomic E-state index is 12.0. The number of hydrogen-bond donors (Lipinski definition) is 2. The lowest BCUT2D eigenvalue weighted by Gasteiger charge is -2.08. The molecule has 1 aromatic heterocycles. The van der Waals surface area contributed by atoms with E-state index in [0.717, 1.165) is 5.69 Å². The van der Waals surface area contributed by atoms with Crippen LogP contribution in [-0.4, -0.2) is 21.6 Å². The highest BCUT2D eigenvalue weighted by molar-refractivity contribution is 6.31. The van der Waals surface area contributed by atoms with Crippen LogP contribution >= 0.6 is 11.6 Å². The summed E-state index contributed by atoms with van der Waals surface area (Å²) in [6, 6.07) is 6.88. The molecule has 2 rings (SSSR count). The summed E-state index contributed by atoms with van der Waals surface area (Å²) in [5.41, 5.74) is 2.78. The van der Waals surface area contributed by atoms with Gasteiger partial charge in [0.05, 0.1) is 16.4 Å². The van der Waals surface area contributed by atoms with E-state index < -0.39 is 0 Å². The zero-order chi connectivity index (χ0) is 16.3. The van der Waals surface area contributed by atoms with E-state index in [0.29, 0.717) is 22.1 Å². The van der Waals surface area contributed by atoms with Crippen LogP contribution in [0.3, 0.4) is 0 Å². The van der Waals surface area contributed by atoms with Gasteiger partial charge in [-0.1, -0.05) is 11.6 Å². The molecule has 116 valence electrons. The molecule has 0 saturated heterocycles. The lowest BCUT2D eigenvalue weighted by molar-refractivity contribution is -0.117. The van der Waals surface area contributed by atoms with Crippen molar-refractivity contribution in [1.29, 1.82) is 0 Å². The summed E-state index contributed by atoms with van der Waals surface area (Å²) in [6.45, 7) is 5.14. The van der Waals surface area contributed by atoms with E-state index in [1.54, 1.807) is 35.9 Å². The van der Waals surface area contributed by atoms with Crippen LogP contribution < -0.4 is 10.6 Å². The Morgan fingerprint density at radius 1 is 1.14 bits per heavy atom. The number of rotatable bonds is 4. The van der Waals surface area contributed by atoms with Crippen molar-refractivity contribution in [3.8, 4) is 0 Å². The summed E-state index contributed by atoms with van der Waals surface area (Å²) >= 11 is 6.05. The molecule has 0 atom stereocenters. The van der Waals surface area contributed by atoms with E-state index in [2.05, 4.69) is 15.7 Å². The van der Waals surface area contributed by atoms with Gasteiger partial charge in [-0.25, -0.2) is 0 Å². The van der Waals surface area contributed by atoms with Crippen molar-refractivity contribution in [3.05, 3.63) is 40.7 Å². The number of carbonyl (C=O) groups is 2. The number of aryl methyl sites for hydroxylation is 1. The van der Waals surface area contributed by atoms with Crippen molar-refractivity contribution in [1.82, 2.24) is 9.78 Å². The van der Waals surface area contributed by atoms with Gasteiger partial charge in [0.25, 0.3) is 0 Å². The number of benzene rings is 1. The zero-order valence-electron chi connectivity index (χ0n) is 12.6. The Balaban J connectivity index is 1.99. The van der Waals surface area contributed by atoms with Crippen molar-refractivity contribution in [3.63, 3.8) is 0 Å². The monoisotopic (exact) mass is 320 g/mol. The molecule has 2 amide bonds. The average molecular weight is 321 g/mol. The Morgan fingerprint density at radius 2 is 1.68 bits per heavy atom. The molecule has 0 unspecified atom stereocenters. The van der Waals surface area contributed by atoms with Crippen LogP contribution in [0.15, 0.2) is 24.3 Å². The van der Waals surface area contributed by atoms with Gasteiger partial charge in [0.2, 0.25) is 11.8 Å². The Bertz CT molecular complexity index is 707. The highest BCUT2D eigenvalue weighted by Gasteiger charge is 2.12. The van der Waals surface area contributed by atoms with Crippen LogP contribution in [0.1, 0.15) is 18.3 Å². The number of nitrogens with zero attached hydrogens (tertiary/aromatic N) is 2. The topological polar surface area (TPSA) is 76.0 Å². The fourth-order valence-corrected chi connectivity index (χ4v) is 2.14. The fourth-order valence-electron chi connectivity index (χ4n) is 2.01. The summed E-state index contributed by atoms with van der Waals surface area (Å²) in [7, 11) is 0. The molecule has 0 aliphatic heterocycles. The first kappa shape index (κ1) is 16.0. The van der Waals surface area contributed by atoms with E-state index in [1.807, 2.05) is 6.92 Å². The minimum absolute atomic E-state index is 0.0901. The second-order valence-corrected chi connectivity index (χ2v) is 5.33. The van der Waals surface area contributed by atoms with Crippen molar-refractivity contribution in [2.45, 2.75) is 27.3 Å². The van der Waals surface area contributed by atoms with Crippen molar-refractivity contribution in [2.24, 2.45) is 0 Å². The van der Waals surface area contributed by atoms with Crippen LogP contribution in [0.25, 0.3) is 0 Å². The number of nitrogens with one attached hydrogen (secondary N) is 2. The highest BCUT2D eigenvalue weighted by atomic mass is 35.5. The van der Waals surface area contributed by atoms with Crippen LogP contribution in [0.5, 0.6) is 0 Å². The molecule has 0 aliphatic rings. The molecule has 2 aromatic rings. The minimum atomic E-state index is -0.199. The molecule has 0 spiro atoms. The molecule has 0 aliphatic carbocycles. The first-order valence-electron chi connectivity index (χ1n) is 6.74. The third kappa shape index (κ3) is 3.85. The van der Waals surface area contributed by atoms with Crippen molar-refractivity contribution < 1.29 is 9.59 Å². The first-order valence-corrected chi connectivity index (χ1v) is 7.11. The second-order valence-electron chi connectivity index (χ2n) is 4.95. The minimum Gasteiger partial charge on any atom is -0.326 e. The van der Waals surface area contributed by atoms with Gasteiger partial charge in [-0.2, -0.15) is 5.10 Å². The third-order valence-electron chi connectivity index (χ3n) is 3.08. The van der Waals surface area contributed by atoms with Crippen LogP contribution in [0.4, 0.5) is 11.4 Å². The summed E-state index contributed by atoms with van der Waals surface area (Å²) in [5, 5.41) is 10.2. The SMILES string of the molecule is CC(=O)Nc1ccc(NC(=O)Cn2nc(C)c(Cl)c2C)cc1. The summed E-state index contributed by atoms with van der Waals surface area (Å²) in [5.74, 6) is -0.340. The molecule has 0 fully saturated rings. The molecule has 6 nitrogen and oxygen atoms in total. The van der Waals surface area contributed by atoms with Crippen molar-refractivity contribution in [2.75, 3.05) is 10.6 Å². The molecule has 0 radical (unpaired) electrons. The normalized spacial score (nSPS) is 10.4. The Hall–Kier alpha value is -2.34. The number of hydrogen-bond acceptors (Lipinski definition) is 3. The van der Waals surface area contributed by atoms with Crippen molar-refractivity contribution >= 4 is 34.8 Å². The molecule has 22 heavy (non-hydrogen) atoms. The quantitative estimate of drug-likeness (QED) is 0.909. The summed E-state index contributed by atoms with van der Waals surface area (Å²) in [6.07, 6.45) is 0. The lowest BCUT2D eigenvalue weighted by Crippen LogP contribution is -2.20. The van der Waals surface area contributed by atoms with E-state index in [1.165, 1.54) is 6.92 Å². The number of carbonyl (C=O) groups excluding carboxylic acids is 2. The molecule has 7 heteroatoms. The number of amides is 2. The first-order chi connectivity index (χ1) is 10.4. The predicted molar refractivity (Wildman–Crippen MR) is 86.1 cm³/mol. The van der Waals surface area contributed by atoms with Crippen LogP contribution in [-0.2, 0) is 16.1 Å². The van der Waals surface area contributed by atoms with E-state index in [9.17, 15) is 9.59 Å². The van der Waals surface area contributed by atoms with Gasteiger partial charge in [-0.05, 0) is 38.1 Å². The number of aromatic nitrogens is 2. The van der Waals surface area contributed by atoms with Gasteiger partial charge in [-0.3, -0.25) is 14.3 Å².